The van der Waals surface area contributed by atoms with E-state index in [0.717, 1.165) is 5.56 Å². The number of ether oxygens (including phenoxy) is 1. The van der Waals surface area contributed by atoms with Gasteiger partial charge in [0, 0.05) is 0 Å². The monoisotopic (exact) mass is 252 g/mol. The van der Waals surface area contributed by atoms with E-state index in [9.17, 15) is 9.59 Å². The summed E-state index contributed by atoms with van der Waals surface area (Å²) in [5.74, 6) is -3.38. The maximum Gasteiger partial charge on any atom is 0.307 e. The smallest absolute Gasteiger partial charge is 0.307 e. The summed E-state index contributed by atoms with van der Waals surface area (Å²) in [6.07, 6.45) is 0.187. The number of rotatable bonds is 6. The third kappa shape index (κ3) is 3.48. The fraction of sp³-hybridized carbons (Fsp3) is 0.385. The van der Waals surface area contributed by atoms with E-state index in [1.54, 1.807) is 31.4 Å². The number of carboxylic acids is 2. The van der Waals surface area contributed by atoms with Gasteiger partial charge < -0.3 is 14.9 Å². The lowest BCUT2D eigenvalue weighted by Crippen LogP contribution is -2.29. The van der Waals surface area contributed by atoms with Gasteiger partial charge in [0.05, 0.1) is 18.9 Å². The molecule has 0 saturated carbocycles. The van der Waals surface area contributed by atoms with Gasteiger partial charge in [-0.1, -0.05) is 19.1 Å². The molecule has 5 nitrogen and oxygen atoms in total. The standard InChI is InChI=1S/C13H16O5/c1-8(12(14)15)11(13(16)17)7-9-3-5-10(18-2)6-4-9/h3-6,8,11H,7H2,1-2H3,(H,14,15)(H,16,17)/t8-,11-/m0/s1. The molecule has 0 heterocycles. The van der Waals surface area contributed by atoms with Crippen molar-refractivity contribution in [3.05, 3.63) is 29.8 Å². The second-order valence-electron chi connectivity index (χ2n) is 4.12. The lowest BCUT2D eigenvalue weighted by Gasteiger charge is -2.16. The molecule has 0 aliphatic carbocycles. The summed E-state index contributed by atoms with van der Waals surface area (Å²) in [6.45, 7) is 1.41. The van der Waals surface area contributed by atoms with Crippen molar-refractivity contribution in [3.8, 4) is 5.75 Å². The highest BCUT2D eigenvalue weighted by Gasteiger charge is 2.29. The minimum absolute atomic E-state index is 0.187. The van der Waals surface area contributed by atoms with E-state index in [-0.39, 0.29) is 6.42 Å². The Kier molecular flexibility index (Phi) is 4.71. The number of hydrogen-bond acceptors (Lipinski definition) is 3. The molecule has 0 aliphatic heterocycles. The van der Waals surface area contributed by atoms with E-state index in [1.165, 1.54) is 6.92 Å². The number of carbonyl (C=O) groups is 2. The van der Waals surface area contributed by atoms with E-state index in [1.807, 2.05) is 0 Å². The first-order valence-electron chi connectivity index (χ1n) is 5.54. The maximum atomic E-state index is 11.1. The van der Waals surface area contributed by atoms with Crippen molar-refractivity contribution in [3.63, 3.8) is 0 Å². The SMILES string of the molecule is COc1ccc(C[C@H](C(=O)O)[C@H](C)C(=O)O)cc1. The fourth-order valence-corrected chi connectivity index (χ4v) is 1.67. The van der Waals surface area contributed by atoms with Crippen molar-refractivity contribution in [2.45, 2.75) is 13.3 Å². The lowest BCUT2D eigenvalue weighted by molar-refractivity contribution is -0.152. The molecule has 0 unspecified atom stereocenters. The Labute approximate surface area is 105 Å². The van der Waals surface area contributed by atoms with Crippen LogP contribution in [-0.4, -0.2) is 29.3 Å². The number of benzene rings is 1. The third-order valence-electron chi connectivity index (χ3n) is 2.92. The van der Waals surface area contributed by atoms with E-state index in [4.69, 9.17) is 14.9 Å². The molecule has 0 spiro atoms. The second-order valence-corrected chi connectivity index (χ2v) is 4.12. The van der Waals surface area contributed by atoms with Crippen LogP contribution in [0, 0.1) is 11.8 Å². The number of hydrogen-bond donors (Lipinski definition) is 2. The van der Waals surface area contributed by atoms with Gasteiger partial charge in [-0.2, -0.15) is 0 Å². The van der Waals surface area contributed by atoms with Gasteiger partial charge in [-0.25, -0.2) is 0 Å². The number of methoxy groups -OCH3 is 1. The summed E-state index contributed by atoms with van der Waals surface area (Å²) in [5, 5.41) is 17.9. The summed E-state index contributed by atoms with van der Waals surface area (Å²) >= 11 is 0. The van der Waals surface area contributed by atoms with Crippen LogP contribution in [0.15, 0.2) is 24.3 Å². The molecule has 2 atom stereocenters. The van der Waals surface area contributed by atoms with E-state index >= 15 is 0 Å². The Morgan fingerprint density at radius 3 is 2.11 bits per heavy atom. The first-order valence-corrected chi connectivity index (χ1v) is 5.54. The van der Waals surface area contributed by atoms with Gasteiger partial charge in [0.15, 0.2) is 0 Å². The van der Waals surface area contributed by atoms with Crippen LogP contribution in [0.25, 0.3) is 0 Å². The third-order valence-corrected chi connectivity index (χ3v) is 2.92. The molecule has 0 radical (unpaired) electrons. The van der Waals surface area contributed by atoms with Gasteiger partial charge in [0.2, 0.25) is 0 Å². The molecule has 0 aliphatic rings. The minimum Gasteiger partial charge on any atom is -0.497 e. The van der Waals surface area contributed by atoms with Gasteiger partial charge >= 0.3 is 11.9 Å². The molecule has 0 fully saturated rings. The summed E-state index contributed by atoms with van der Waals surface area (Å²) in [5.41, 5.74) is 0.774. The number of carboxylic acid groups (broad SMARTS) is 2. The summed E-state index contributed by atoms with van der Waals surface area (Å²) in [4.78, 5) is 21.9. The van der Waals surface area contributed by atoms with E-state index in [2.05, 4.69) is 0 Å². The van der Waals surface area contributed by atoms with Crippen LogP contribution in [0.2, 0.25) is 0 Å². The fourth-order valence-electron chi connectivity index (χ4n) is 1.67. The van der Waals surface area contributed by atoms with Gasteiger partial charge in [0.1, 0.15) is 5.75 Å². The average molecular weight is 252 g/mol. The zero-order valence-electron chi connectivity index (χ0n) is 10.3. The lowest BCUT2D eigenvalue weighted by atomic mass is 9.88. The summed E-state index contributed by atoms with van der Waals surface area (Å²) in [7, 11) is 1.54. The molecule has 98 valence electrons. The zero-order chi connectivity index (χ0) is 13.7. The molecular weight excluding hydrogens is 236 g/mol. The van der Waals surface area contributed by atoms with Crippen molar-refractivity contribution in [2.24, 2.45) is 11.8 Å². The average Bonchev–Trinajstić information content (AvgIpc) is 2.35. The van der Waals surface area contributed by atoms with Gasteiger partial charge in [0.25, 0.3) is 0 Å². The van der Waals surface area contributed by atoms with Crippen molar-refractivity contribution in [1.29, 1.82) is 0 Å². The zero-order valence-corrected chi connectivity index (χ0v) is 10.3. The summed E-state index contributed by atoms with van der Waals surface area (Å²) < 4.78 is 5.00. The molecule has 0 bridgehead atoms. The molecule has 0 aromatic heterocycles. The maximum absolute atomic E-state index is 11.1. The van der Waals surface area contributed by atoms with Crippen LogP contribution in [-0.2, 0) is 16.0 Å². The van der Waals surface area contributed by atoms with Crippen LogP contribution in [0.4, 0.5) is 0 Å². The first-order chi connectivity index (χ1) is 8.45. The largest absolute Gasteiger partial charge is 0.497 e. The Bertz CT molecular complexity index is 424. The number of aliphatic carboxylic acids is 2. The van der Waals surface area contributed by atoms with Crippen LogP contribution < -0.4 is 4.74 Å². The minimum atomic E-state index is -1.10. The highest BCUT2D eigenvalue weighted by atomic mass is 16.5. The van der Waals surface area contributed by atoms with Crippen molar-refractivity contribution < 1.29 is 24.5 Å². The highest BCUT2D eigenvalue weighted by Crippen LogP contribution is 2.20. The van der Waals surface area contributed by atoms with E-state index in [0.29, 0.717) is 5.75 Å². The quantitative estimate of drug-likeness (QED) is 0.804. The molecule has 1 rings (SSSR count). The highest BCUT2D eigenvalue weighted by molar-refractivity contribution is 5.79. The second kappa shape index (κ2) is 6.05. The molecule has 1 aromatic carbocycles. The molecule has 2 N–H and O–H groups in total. The topological polar surface area (TPSA) is 83.8 Å². The Hall–Kier alpha value is -2.04. The molecule has 18 heavy (non-hydrogen) atoms. The van der Waals surface area contributed by atoms with Crippen LogP contribution in [0.1, 0.15) is 12.5 Å². The van der Waals surface area contributed by atoms with E-state index < -0.39 is 23.8 Å². The molecule has 0 amide bonds. The van der Waals surface area contributed by atoms with Gasteiger partial charge in [-0.05, 0) is 24.1 Å². The predicted molar refractivity (Wildman–Crippen MR) is 64.6 cm³/mol. The van der Waals surface area contributed by atoms with Gasteiger partial charge in [-0.3, -0.25) is 9.59 Å². The molecular formula is C13H16O5. The van der Waals surface area contributed by atoms with Gasteiger partial charge in [-0.15, -0.1) is 0 Å². The van der Waals surface area contributed by atoms with Crippen molar-refractivity contribution >= 4 is 11.9 Å². The van der Waals surface area contributed by atoms with Crippen molar-refractivity contribution in [2.75, 3.05) is 7.11 Å². The Balaban J connectivity index is 2.83. The van der Waals surface area contributed by atoms with Crippen LogP contribution in [0.5, 0.6) is 5.75 Å². The molecule has 5 heteroatoms. The predicted octanol–water partition coefficient (Wildman–Crippen LogP) is 1.66. The van der Waals surface area contributed by atoms with Crippen LogP contribution >= 0.6 is 0 Å². The first kappa shape index (κ1) is 14.0. The Morgan fingerprint density at radius 2 is 1.72 bits per heavy atom. The van der Waals surface area contributed by atoms with Crippen LogP contribution in [0.3, 0.4) is 0 Å². The molecule has 0 saturated heterocycles. The normalized spacial score (nSPS) is 13.7. The van der Waals surface area contributed by atoms with Crippen molar-refractivity contribution in [1.82, 2.24) is 0 Å². The summed E-state index contributed by atoms with van der Waals surface area (Å²) in [6, 6.07) is 6.92. The molecule has 1 aromatic rings. The Morgan fingerprint density at radius 1 is 1.17 bits per heavy atom.